The fourth-order valence-electron chi connectivity index (χ4n) is 0.922. The Hall–Kier alpha value is -1.38. The fraction of sp³-hybridized carbons (Fsp3) is 0.417. The van der Waals surface area contributed by atoms with Gasteiger partial charge in [-0.2, -0.15) is 0 Å². The number of ether oxygens (including phenoxy) is 1. The number of halogens is 1. The first-order chi connectivity index (χ1) is 6.89. The van der Waals surface area contributed by atoms with Crippen LogP contribution in [0.4, 0.5) is 4.39 Å². The molecule has 0 aliphatic carbocycles. The highest BCUT2D eigenvalue weighted by molar-refractivity contribution is 5.85. The largest absolute Gasteiger partial charge is 0.486 e. The van der Waals surface area contributed by atoms with E-state index in [0.717, 1.165) is 0 Å². The van der Waals surface area contributed by atoms with Crippen molar-refractivity contribution in [2.45, 2.75) is 20.8 Å². The molecule has 3 heteroatoms. The van der Waals surface area contributed by atoms with E-state index in [2.05, 4.69) is 0 Å². The van der Waals surface area contributed by atoms with Crippen LogP contribution in [-0.2, 0) is 4.79 Å². The molecule has 0 amide bonds. The average molecular weight is 210 g/mol. The first kappa shape index (κ1) is 11.7. The number of ketones is 1. The Morgan fingerprint density at radius 3 is 2.60 bits per heavy atom. The van der Waals surface area contributed by atoms with Gasteiger partial charge in [0.2, 0.25) is 0 Å². The summed E-state index contributed by atoms with van der Waals surface area (Å²) < 4.78 is 17.9. The van der Waals surface area contributed by atoms with E-state index in [9.17, 15) is 9.18 Å². The molecular formula is C12H15FO2. The zero-order chi connectivity index (χ0) is 11.5. The van der Waals surface area contributed by atoms with Crippen LogP contribution in [0.1, 0.15) is 20.8 Å². The molecule has 0 saturated carbocycles. The number of carbonyl (C=O) groups is 1. The van der Waals surface area contributed by atoms with Crippen LogP contribution >= 0.6 is 0 Å². The maximum absolute atomic E-state index is 12.8. The summed E-state index contributed by atoms with van der Waals surface area (Å²) in [7, 11) is 0. The van der Waals surface area contributed by atoms with E-state index in [0.29, 0.717) is 5.75 Å². The molecule has 0 aliphatic heterocycles. The molecular weight excluding hydrogens is 195 g/mol. The number of hydrogen-bond acceptors (Lipinski definition) is 2. The van der Waals surface area contributed by atoms with Crippen LogP contribution < -0.4 is 4.74 Å². The van der Waals surface area contributed by atoms with Crippen LogP contribution in [0.5, 0.6) is 5.75 Å². The van der Waals surface area contributed by atoms with Gasteiger partial charge < -0.3 is 4.74 Å². The molecule has 1 rings (SSSR count). The molecule has 0 heterocycles. The molecule has 0 bridgehead atoms. The summed E-state index contributed by atoms with van der Waals surface area (Å²) in [6, 6.07) is 5.76. The maximum Gasteiger partial charge on any atom is 0.175 e. The van der Waals surface area contributed by atoms with Gasteiger partial charge in [0, 0.05) is 11.5 Å². The van der Waals surface area contributed by atoms with Crippen LogP contribution in [0.2, 0.25) is 0 Å². The van der Waals surface area contributed by atoms with Crippen molar-refractivity contribution in [1.29, 1.82) is 0 Å². The highest BCUT2D eigenvalue weighted by atomic mass is 19.1. The van der Waals surface area contributed by atoms with E-state index in [1.165, 1.54) is 12.1 Å². The molecule has 2 nitrogen and oxygen atoms in total. The number of benzene rings is 1. The molecule has 0 spiro atoms. The maximum atomic E-state index is 12.8. The summed E-state index contributed by atoms with van der Waals surface area (Å²) in [5, 5.41) is 0. The van der Waals surface area contributed by atoms with Crippen molar-refractivity contribution >= 4 is 5.78 Å². The lowest BCUT2D eigenvalue weighted by Gasteiger charge is -2.16. The second-order valence-electron chi connectivity index (χ2n) is 4.42. The van der Waals surface area contributed by atoms with Crippen molar-refractivity contribution < 1.29 is 13.9 Å². The Morgan fingerprint density at radius 2 is 2.07 bits per heavy atom. The first-order valence-corrected chi connectivity index (χ1v) is 4.81. The molecule has 0 aliphatic rings. The standard InChI is InChI=1S/C12H15FO2/c1-12(2,3)11(14)8-15-10-6-4-5-9(13)7-10/h4-7H,8H2,1-3H3. The van der Waals surface area contributed by atoms with Gasteiger partial charge in [-0.1, -0.05) is 26.8 Å². The van der Waals surface area contributed by atoms with Crippen molar-refractivity contribution in [1.82, 2.24) is 0 Å². The van der Waals surface area contributed by atoms with Crippen LogP contribution in [0.3, 0.4) is 0 Å². The van der Waals surface area contributed by atoms with Gasteiger partial charge in [-0.15, -0.1) is 0 Å². The van der Waals surface area contributed by atoms with Crippen LogP contribution in [0.15, 0.2) is 24.3 Å². The quantitative estimate of drug-likeness (QED) is 0.766. The lowest BCUT2D eigenvalue weighted by Crippen LogP contribution is -2.26. The summed E-state index contributed by atoms with van der Waals surface area (Å²) in [4.78, 5) is 11.5. The molecule has 1 aromatic rings. The van der Waals surface area contributed by atoms with Crippen LogP contribution in [0, 0.1) is 11.2 Å². The Morgan fingerprint density at radius 1 is 1.40 bits per heavy atom. The van der Waals surface area contributed by atoms with Crippen LogP contribution in [-0.4, -0.2) is 12.4 Å². The van der Waals surface area contributed by atoms with Crippen molar-refractivity contribution in [3.63, 3.8) is 0 Å². The zero-order valence-corrected chi connectivity index (χ0v) is 9.21. The summed E-state index contributed by atoms with van der Waals surface area (Å²) in [5.41, 5.74) is -0.423. The van der Waals surface area contributed by atoms with E-state index in [-0.39, 0.29) is 18.2 Å². The molecule has 0 N–H and O–H groups in total. The van der Waals surface area contributed by atoms with Gasteiger partial charge in [-0.3, -0.25) is 4.79 Å². The molecule has 0 fully saturated rings. The Bertz CT molecular complexity index is 353. The SMILES string of the molecule is CC(C)(C)C(=O)COc1cccc(F)c1. The molecule has 0 unspecified atom stereocenters. The van der Waals surface area contributed by atoms with Crippen molar-refractivity contribution in [2.24, 2.45) is 5.41 Å². The van der Waals surface area contributed by atoms with Gasteiger partial charge in [0.25, 0.3) is 0 Å². The van der Waals surface area contributed by atoms with Gasteiger partial charge in [0.1, 0.15) is 18.2 Å². The predicted molar refractivity (Wildman–Crippen MR) is 56.4 cm³/mol. The normalized spacial score (nSPS) is 11.2. The monoisotopic (exact) mass is 210 g/mol. The topological polar surface area (TPSA) is 26.3 Å². The number of rotatable bonds is 3. The molecule has 15 heavy (non-hydrogen) atoms. The summed E-state index contributed by atoms with van der Waals surface area (Å²) in [5.74, 6) is 0.00932. The van der Waals surface area contributed by atoms with E-state index >= 15 is 0 Å². The molecule has 82 valence electrons. The molecule has 0 atom stereocenters. The summed E-state index contributed by atoms with van der Waals surface area (Å²) >= 11 is 0. The number of Topliss-reactive ketones (excluding diaryl/α,β-unsaturated/α-hetero) is 1. The smallest absolute Gasteiger partial charge is 0.175 e. The molecule has 0 saturated heterocycles. The first-order valence-electron chi connectivity index (χ1n) is 4.81. The highest BCUT2D eigenvalue weighted by Gasteiger charge is 2.21. The van der Waals surface area contributed by atoms with E-state index in [4.69, 9.17) is 4.74 Å². The third-order valence-corrected chi connectivity index (χ3v) is 2.00. The third kappa shape index (κ3) is 3.70. The van der Waals surface area contributed by atoms with E-state index in [1.807, 2.05) is 20.8 Å². The second-order valence-corrected chi connectivity index (χ2v) is 4.42. The van der Waals surface area contributed by atoms with Crippen molar-refractivity contribution in [3.8, 4) is 5.75 Å². The zero-order valence-electron chi connectivity index (χ0n) is 9.21. The minimum absolute atomic E-state index is 0.00763. The van der Waals surface area contributed by atoms with Crippen LogP contribution in [0.25, 0.3) is 0 Å². The summed E-state index contributed by atoms with van der Waals surface area (Å²) in [6.45, 7) is 5.45. The van der Waals surface area contributed by atoms with Gasteiger partial charge in [0.05, 0.1) is 0 Å². The molecule has 1 aromatic carbocycles. The number of hydrogen-bond donors (Lipinski definition) is 0. The Kier molecular flexibility index (Phi) is 3.45. The summed E-state index contributed by atoms with van der Waals surface area (Å²) in [6.07, 6.45) is 0. The molecule has 0 aromatic heterocycles. The predicted octanol–water partition coefficient (Wildman–Crippen LogP) is 2.82. The van der Waals surface area contributed by atoms with Crippen molar-refractivity contribution in [2.75, 3.05) is 6.61 Å². The van der Waals surface area contributed by atoms with E-state index in [1.54, 1.807) is 12.1 Å². The van der Waals surface area contributed by atoms with Gasteiger partial charge >= 0.3 is 0 Å². The average Bonchev–Trinajstić information content (AvgIpc) is 2.12. The number of carbonyl (C=O) groups excluding carboxylic acids is 1. The lowest BCUT2D eigenvalue weighted by atomic mass is 9.91. The fourth-order valence-corrected chi connectivity index (χ4v) is 0.922. The van der Waals surface area contributed by atoms with E-state index < -0.39 is 5.41 Å². The molecule has 0 radical (unpaired) electrons. The minimum atomic E-state index is -0.423. The van der Waals surface area contributed by atoms with Crippen molar-refractivity contribution in [3.05, 3.63) is 30.1 Å². The van der Waals surface area contributed by atoms with Gasteiger partial charge in [-0.25, -0.2) is 4.39 Å². The Labute approximate surface area is 89.1 Å². The minimum Gasteiger partial charge on any atom is -0.486 e. The van der Waals surface area contributed by atoms with Gasteiger partial charge in [0.15, 0.2) is 5.78 Å². The Balaban J connectivity index is 2.55. The third-order valence-electron chi connectivity index (χ3n) is 2.00. The lowest BCUT2D eigenvalue weighted by molar-refractivity contribution is -0.128. The van der Waals surface area contributed by atoms with Gasteiger partial charge in [-0.05, 0) is 12.1 Å². The second kappa shape index (κ2) is 4.43. The highest BCUT2D eigenvalue weighted by Crippen LogP contribution is 2.17.